The zero-order valence-corrected chi connectivity index (χ0v) is 9.96. The normalized spacial score (nSPS) is 12.1. The number of alkyl halides is 2. The summed E-state index contributed by atoms with van der Waals surface area (Å²) in [6, 6.07) is 0.914. The molecular weight excluding hydrogens is 345 g/mol. The van der Waals surface area contributed by atoms with Gasteiger partial charge in [0.05, 0.1) is 3.57 Å². The van der Waals surface area contributed by atoms with Gasteiger partial charge in [-0.25, -0.2) is 27.3 Å². The number of sulfonamides is 1. The molecule has 0 spiro atoms. The smallest absolute Gasteiger partial charge is 0.284 e. The first-order chi connectivity index (χ1) is 6.73. The molecule has 0 bridgehead atoms. The molecule has 1 aromatic rings. The average Bonchev–Trinajstić information content (AvgIpc) is 2.06. The molecule has 84 valence electrons. The number of aromatic nitrogens is 1. The fraction of sp³-hybridized carbons (Fsp3) is 0.167. The third-order valence-corrected chi connectivity index (χ3v) is 3.06. The lowest BCUT2D eigenvalue weighted by molar-refractivity contribution is 0.141. The first-order valence-electron chi connectivity index (χ1n) is 3.44. The van der Waals surface area contributed by atoms with E-state index in [0.29, 0.717) is 0 Å². The van der Waals surface area contributed by atoms with Gasteiger partial charge in [0, 0.05) is 0 Å². The van der Waals surface area contributed by atoms with Crippen LogP contribution in [0.4, 0.5) is 8.78 Å². The van der Waals surface area contributed by atoms with Crippen LogP contribution in [-0.4, -0.2) is 18.5 Å². The maximum Gasteiger partial charge on any atom is 0.284 e. The van der Waals surface area contributed by atoms with E-state index in [4.69, 9.17) is 5.14 Å². The van der Waals surface area contributed by atoms with Gasteiger partial charge in [-0.05, 0) is 28.7 Å². The second-order valence-corrected chi connectivity index (χ2v) is 5.19. The maximum absolute atomic E-state index is 12.3. The van der Waals surface area contributed by atoms with E-state index in [1.807, 2.05) is 0 Å². The van der Waals surface area contributed by atoms with Crippen molar-refractivity contribution in [1.29, 1.82) is 0 Å². The van der Waals surface area contributed by atoms with Crippen molar-refractivity contribution in [1.82, 2.24) is 4.98 Å². The zero-order valence-electron chi connectivity index (χ0n) is 6.99. The highest BCUT2D eigenvalue weighted by molar-refractivity contribution is 14.1. The van der Waals surface area contributed by atoms with Gasteiger partial charge < -0.3 is 5.11 Å². The third-order valence-electron chi connectivity index (χ3n) is 1.45. The summed E-state index contributed by atoms with van der Waals surface area (Å²) in [5, 5.41) is 13.2. The molecule has 0 saturated heterocycles. The Morgan fingerprint density at radius 3 is 2.47 bits per heavy atom. The van der Waals surface area contributed by atoms with Crippen molar-refractivity contribution in [2.24, 2.45) is 5.14 Å². The van der Waals surface area contributed by atoms with E-state index >= 15 is 0 Å². The molecule has 15 heavy (non-hydrogen) atoms. The topological polar surface area (TPSA) is 93.3 Å². The minimum absolute atomic E-state index is 0.0538. The van der Waals surface area contributed by atoms with E-state index in [1.54, 1.807) is 0 Å². The second kappa shape index (κ2) is 4.14. The van der Waals surface area contributed by atoms with Gasteiger partial charge in [-0.3, -0.25) is 0 Å². The van der Waals surface area contributed by atoms with E-state index in [2.05, 4.69) is 4.98 Å². The van der Waals surface area contributed by atoms with Gasteiger partial charge in [0.2, 0.25) is 0 Å². The van der Waals surface area contributed by atoms with Crippen molar-refractivity contribution in [3.8, 4) is 5.75 Å². The summed E-state index contributed by atoms with van der Waals surface area (Å²) in [6.07, 6.45) is -3.07. The van der Waals surface area contributed by atoms with E-state index in [0.717, 1.165) is 6.07 Å². The largest absolute Gasteiger partial charge is 0.505 e. The molecule has 5 nitrogen and oxygen atoms in total. The molecule has 0 amide bonds. The highest BCUT2D eigenvalue weighted by Gasteiger charge is 2.22. The van der Waals surface area contributed by atoms with Crippen molar-refractivity contribution >= 4 is 32.6 Å². The molecule has 0 fully saturated rings. The molecule has 9 heteroatoms. The quantitative estimate of drug-likeness (QED) is 0.778. The standard InChI is InChI=1S/C6H5F2IN2O3S/c7-6(8)4-5(12)2(9)1-3(11-4)15(10,13)14/h1,6,12H,(H2,10,13,14). The van der Waals surface area contributed by atoms with Gasteiger partial charge >= 0.3 is 0 Å². The molecule has 0 aliphatic rings. The van der Waals surface area contributed by atoms with Gasteiger partial charge in [0.15, 0.2) is 16.5 Å². The van der Waals surface area contributed by atoms with Crippen LogP contribution in [-0.2, 0) is 10.0 Å². The number of primary sulfonamides is 1. The van der Waals surface area contributed by atoms with Crippen LogP contribution in [0.3, 0.4) is 0 Å². The van der Waals surface area contributed by atoms with Crippen molar-refractivity contribution in [2.45, 2.75) is 11.5 Å². The van der Waals surface area contributed by atoms with Crippen molar-refractivity contribution < 1.29 is 22.3 Å². The van der Waals surface area contributed by atoms with Crippen molar-refractivity contribution in [3.63, 3.8) is 0 Å². The minimum atomic E-state index is -4.16. The molecule has 0 aromatic carbocycles. The number of halogens is 3. The number of aromatic hydroxyl groups is 1. The molecular formula is C6H5F2IN2O3S. The Kier molecular flexibility index (Phi) is 3.45. The molecule has 0 unspecified atom stereocenters. The molecule has 0 radical (unpaired) electrons. The average molecular weight is 350 g/mol. The number of hydrogen-bond donors (Lipinski definition) is 2. The predicted octanol–water partition coefficient (Wildman–Crippen LogP) is 0.977. The van der Waals surface area contributed by atoms with E-state index in [-0.39, 0.29) is 3.57 Å². The van der Waals surface area contributed by atoms with Gasteiger partial charge in [-0.15, -0.1) is 0 Å². The first-order valence-corrected chi connectivity index (χ1v) is 6.06. The van der Waals surface area contributed by atoms with Crippen LogP contribution >= 0.6 is 22.6 Å². The number of rotatable bonds is 2. The maximum atomic E-state index is 12.3. The van der Waals surface area contributed by atoms with Gasteiger partial charge in [-0.2, -0.15) is 0 Å². The van der Waals surface area contributed by atoms with Crippen LogP contribution in [0.15, 0.2) is 11.1 Å². The van der Waals surface area contributed by atoms with E-state index in [1.165, 1.54) is 22.6 Å². The van der Waals surface area contributed by atoms with Gasteiger partial charge in [0.1, 0.15) is 0 Å². The second-order valence-electron chi connectivity index (χ2n) is 2.52. The fourth-order valence-electron chi connectivity index (χ4n) is 0.801. The zero-order chi connectivity index (χ0) is 11.8. The van der Waals surface area contributed by atoms with Gasteiger partial charge in [0.25, 0.3) is 16.4 Å². The van der Waals surface area contributed by atoms with Crippen LogP contribution in [0, 0.1) is 3.57 Å². The molecule has 0 aliphatic heterocycles. The molecule has 0 saturated carbocycles. The summed E-state index contributed by atoms with van der Waals surface area (Å²) in [6.45, 7) is 0. The highest BCUT2D eigenvalue weighted by Crippen LogP contribution is 2.31. The lowest BCUT2D eigenvalue weighted by Gasteiger charge is -2.06. The lowest BCUT2D eigenvalue weighted by atomic mass is 10.3. The SMILES string of the molecule is NS(=O)(=O)c1cc(I)c(O)c(C(F)F)n1. The van der Waals surface area contributed by atoms with Crippen LogP contribution < -0.4 is 5.14 Å². The number of nitrogens with zero attached hydrogens (tertiary/aromatic N) is 1. The fourth-order valence-corrected chi connectivity index (χ4v) is 2.09. The molecule has 3 N–H and O–H groups in total. The summed E-state index contributed by atoms with van der Waals surface area (Å²) in [4.78, 5) is 3.09. The van der Waals surface area contributed by atoms with Crippen LogP contribution in [0.2, 0.25) is 0 Å². The third kappa shape index (κ3) is 2.72. The Bertz CT molecular complexity index is 491. The first kappa shape index (κ1) is 12.5. The van der Waals surface area contributed by atoms with E-state index < -0.39 is 32.9 Å². The van der Waals surface area contributed by atoms with E-state index in [9.17, 15) is 22.3 Å². The number of nitrogens with two attached hydrogens (primary N) is 1. The summed E-state index contributed by atoms with van der Waals surface area (Å²) < 4.78 is 46.3. The summed E-state index contributed by atoms with van der Waals surface area (Å²) >= 11 is 1.51. The monoisotopic (exact) mass is 350 g/mol. The Morgan fingerprint density at radius 1 is 1.53 bits per heavy atom. The minimum Gasteiger partial charge on any atom is -0.505 e. The van der Waals surface area contributed by atoms with Crippen LogP contribution in [0.25, 0.3) is 0 Å². The molecule has 1 aromatic heterocycles. The number of pyridine rings is 1. The number of hydrogen-bond acceptors (Lipinski definition) is 4. The molecule has 1 heterocycles. The highest BCUT2D eigenvalue weighted by atomic mass is 127. The Balaban J connectivity index is 3.50. The molecule has 0 aliphatic carbocycles. The van der Waals surface area contributed by atoms with Gasteiger partial charge in [-0.1, -0.05) is 0 Å². The van der Waals surface area contributed by atoms with Crippen molar-refractivity contribution in [3.05, 3.63) is 15.3 Å². The van der Waals surface area contributed by atoms with Crippen LogP contribution in [0.1, 0.15) is 12.1 Å². The molecule has 1 rings (SSSR count). The Labute approximate surface area is 97.5 Å². The van der Waals surface area contributed by atoms with Crippen molar-refractivity contribution in [2.75, 3.05) is 0 Å². The summed E-state index contributed by atoms with van der Waals surface area (Å²) in [5.74, 6) is -0.738. The van der Waals surface area contributed by atoms with Crippen LogP contribution in [0.5, 0.6) is 5.75 Å². The lowest BCUT2D eigenvalue weighted by Crippen LogP contribution is -2.15. The summed E-state index contributed by atoms with van der Waals surface area (Å²) in [5.41, 5.74) is -0.995. The summed E-state index contributed by atoms with van der Waals surface area (Å²) in [7, 11) is -4.16. The Hall–Kier alpha value is -0.550. The molecule has 0 atom stereocenters. The Morgan fingerprint density at radius 2 is 2.07 bits per heavy atom. The predicted molar refractivity (Wildman–Crippen MR) is 54.9 cm³/mol.